The topological polar surface area (TPSA) is 75.7 Å². The van der Waals surface area contributed by atoms with Crippen LogP contribution in [0.2, 0.25) is 0 Å². The number of thioether (sulfide) groups is 1. The summed E-state index contributed by atoms with van der Waals surface area (Å²) >= 11 is 5.15. The Labute approximate surface area is 196 Å². The molecule has 9 heteroatoms. The van der Waals surface area contributed by atoms with Crippen LogP contribution in [-0.2, 0) is 32.1 Å². The average Bonchev–Trinajstić information content (AvgIpc) is 3.28. The number of alkyl halides is 1. The molecule has 0 aliphatic carbocycles. The number of esters is 1. The molecular weight excluding hydrogens is 535 g/mol. The Kier molecular flexibility index (Phi) is 6.79. The Balaban J connectivity index is 1.42. The zero-order chi connectivity index (χ0) is 21.1. The zero-order valence-corrected chi connectivity index (χ0v) is 19.6. The number of ether oxygens (including phenoxy) is 1. The van der Waals surface area contributed by atoms with Crippen molar-refractivity contribution in [2.24, 2.45) is 0 Å². The number of carbonyl (C=O) groups is 3. The lowest BCUT2D eigenvalue weighted by Crippen LogP contribution is -2.74. The number of hydrogen-bond acceptors (Lipinski definition) is 6. The van der Waals surface area contributed by atoms with Crippen LogP contribution in [-0.4, -0.2) is 44.6 Å². The summed E-state index contributed by atoms with van der Waals surface area (Å²) in [5.41, 5.74) is 1.73. The second-order valence-corrected chi connectivity index (χ2v) is 9.68. The first-order valence-corrected chi connectivity index (χ1v) is 12.7. The van der Waals surface area contributed by atoms with Crippen molar-refractivity contribution in [3.8, 4) is 0 Å². The normalized spacial score (nSPS) is 22.6. The second kappa shape index (κ2) is 9.52. The van der Waals surface area contributed by atoms with Gasteiger partial charge in [0, 0.05) is 9.30 Å². The summed E-state index contributed by atoms with van der Waals surface area (Å²) in [4.78, 5) is 40.5. The van der Waals surface area contributed by atoms with Crippen molar-refractivity contribution in [2.45, 2.75) is 30.5 Å². The van der Waals surface area contributed by atoms with Crippen molar-refractivity contribution in [1.82, 2.24) is 10.2 Å². The van der Waals surface area contributed by atoms with E-state index in [-0.39, 0.29) is 30.2 Å². The third-order valence-electron chi connectivity index (χ3n) is 4.90. The second-order valence-electron chi connectivity index (χ2n) is 6.90. The van der Waals surface area contributed by atoms with E-state index in [2.05, 4.69) is 27.9 Å². The molecule has 30 heavy (non-hydrogen) atoms. The third kappa shape index (κ3) is 4.42. The molecule has 0 saturated carbocycles. The summed E-state index contributed by atoms with van der Waals surface area (Å²) in [6.07, 6.45) is 0.246. The van der Waals surface area contributed by atoms with Gasteiger partial charge in [0.1, 0.15) is 18.0 Å². The summed E-state index contributed by atoms with van der Waals surface area (Å²) in [6.45, 7) is 0.158. The van der Waals surface area contributed by atoms with Gasteiger partial charge in [0.05, 0.1) is 6.42 Å². The molecule has 3 atom stereocenters. The molecule has 1 N–H and O–H groups in total. The number of halogens is 1. The molecule has 0 spiro atoms. The van der Waals surface area contributed by atoms with Crippen LogP contribution in [0.5, 0.6) is 0 Å². The number of hydrogen-bond donors (Lipinski definition) is 1. The van der Waals surface area contributed by atoms with Gasteiger partial charge >= 0.3 is 5.97 Å². The molecule has 2 amide bonds. The minimum atomic E-state index is -0.741. The molecule has 3 heterocycles. The Morgan fingerprint density at radius 2 is 1.97 bits per heavy atom. The Bertz CT molecular complexity index is 965. The van der Waals surface area contributed by atoms with E-state index in [1.54, 1.807) is 4.90 Å². The largest absolute Gasteiger partial charge is 0.459 e. The predicted molar refractivity (Wildman–Crippen MR) is 125 cm³/mol. The van der Waals surface area contributed by atoms with Gasteiger partial charge in [-0.2, -0.15) is 0 Å². The van der Waals surface area contributed by atoms with Crippen LogP contribution in [0, 0.1) is 0 Å². The van der Waals surface area contributed by atoms with Crippen LogP contribution in [0.3, 0.4) is 0 Å². The SMILES string of the molecule is O=C(Cc1cccs1)NC1C(=O)N2C(C(=O)OCc3ccccc3)C(CI)=CS[C@@H]12. The van der Waals surface area contributed by atoms with Crippen LogP contribution in [0.15, 0.2) is 58.8 Å². The Morgan fingerprint density at radius 3 is 2.67 bits per heavy atom. The first-order chi connectivity index (χ1) is 14.6. The summed E-state index contributed by atoms with van der Waals surface area (Å²) in [5, 5.41) is 6.36. The highest BCUT2D eigenvalue weighted by atomic mass is 127. The first kappa shape index (κ1) is 21.4. The number of thiophene rings is 1. The van der Waals surface area contributed by atoms with Gasteiger partial charge in [-0.25, -0.2) is 4.79 Å². The highest BCUT2D eigenvalue weighted by molar-refractivity contribution is 14.1. The summed E-state index contributed by atoms with van der Waals surface area (Å²) in [7, 11) is 0. The van der Waals surface area contributed by atoms with Crippen molar-refractivity contribution >= 4 is 63.5 Å². The molecule has 2 aliphatic rings. The zero-order valence-electron chi connectivity index (χ0n) is 15.8. The average molecular weight is 554 g/mol. The number of amides is 2. The minimum absolute atomic E-state index is 0.158. The van der Waals surface area contributed by atoms with Crippen molar-refractivity contribution in [3.05, 3.63) is 69.3 Å². The first-order valence-electron chi connectivity index (χ1n) is 9.33. The standard InChI is InChI=1S/C21H19IN2O4S2/c22-10-14-12-30-20-17(23-16(25)9-15-7-4-8-29-15)19(26)24(20)18(14)21(27)28-11-13-5-2-1-3-6-13/h1-8,12,17-18,20H,9-11H2,(H,23,25)/t17?,18?,20-/m0/s1. The highest BCUT2D eigenvalue weighted by Crippen LogP contribution is 2.40. The van der Waals surface area contributed by atoms with E-state index in [0.717, 1.165) is 16.0 Å². The number of carbonyl (C=O) groups excluding carboxylic acids is 3. The van der Waals surface area contributed by atoms with Gasteiger partial charge in [0.25, 0.3) is 0 Å². The third-order valence-corrected chi connectivity index (χ3v) is 7.88. The fourth-order valence-electron chi connectivity index (χ4n) is 3.41. The summed E-state index contributed by atoms with van der Waals surface area (Å²) in [6, 6.07) is 11.9. The predicted octanol–water partition coefficient (Wildman–Crippen LogP) is 3.12. The van der Waals surface area contributed by atoms with Crippen LogP contribution in [0.25, 0.3) is 0 Å². The van der Waals surface area contributed by atoms with Crippen LogP contribution in [0.1, 0.15) is 10.4 Å². The van der Waals surface area contributed by atoms with Crippen molar-refractivity contribution in [2.75, 3.05) is 4.43 Å². The van der Waals surface area contributed by atoms with Crippen molar-refractivity contribution < 1.29 is 19.1 Å². The molecule has 2 aliphatic heterocycles. The minimum Gasteiger partial charge on any atom is -0.459 e. The lowest BCUT2D eigenvalue weighted by molar-refractivity contribution is -0.163. The number of rotatable bonds is 7. The molecule has 2 aromatic rings. The number of nitrogens with zero attached hydrogens (tertiary/aromatic N) is 1. The van der Waals surface area contributed by atoms with Crippen LogP contribution in [0.4, 0.5) is 0 Å². The van der Waals surface area contributed by atoms with E-state index in [1.165, 1.54) is 23.1 Å². The lowest BCUT2D eigenvalue weighted by atomic mass is 9.98. The Hall–Kier alpha value is -1.85. The van der Waals surface area contributed by atoms with Crippen LogP contribution >= 0.6 is 45.7 Å². The van der Waals surface area contributed by atoms with Gasteiger partial charge in [-0.3, -0.25) is 9.59 Å². The molecule has 1 fully saturated rings. The van der Waals surface area contributed by atoms with Crippen molar-refractivity contribution in [1.29, 1.82) is 0 Å². The molecule has 0 radical (unpaired) electrons. The summed E-state index contributed by atoms with van der Waals surface area (Å²) in [5.74, 6) is -0.879. The van der Waals surface area contributed by atoms with Gasteiger partial charge in [0.15, 0.2) is 6.04 Å². The number of benzene rings is 1. The van der Waals surface area contributed by atoms with Gasteiger partial charge in [-0.15, -0.1) is 23.1 Å². The van der Waals surface area contributed by atoms with E-state index >= 15 is 0 Å². The molecule has 4 rings (SSSR count). The van der Waals surface area contributed by atoms with Crippen LogP contribution < -0.4 is 5.32 Å². The summed E-state index contributed by atoms with van der Waals surface area (Å²) < 4.78 is 6.13. The fourth-order valence-corrected chi connectivity index (χ4v) is 6.28. The maximum atomic E-state index is 12.9. The van der Waals surface area contributed by atoms with E-state index in [4.69, 9.17) is 4.74 Å². The molecule has 2 unspecified atom stereocenters. The van der Waals surface area contributed by atoms with Gasteiger partial charge in [-0.05, 0) is 28.0 Å². The highest BCUT2D eigenvalue weighted by Gasteiger charge is 2.55. The molecule has 0 bridgehead atoms. The maximum absolute atomic E-state index is 12.9. The van der Waals surface area contributed by atoms with Crippen molar-refractivity contribution in [3.63, 3.8) is 0 Å². The molecule has 156 valence electrons. The number of fused-ring (bicyclic) bond motifs is 1. The van der Waals surface area contributed by atoms with E-state index in [9.17, 15) is 14.4 Å². The van der Waals surface area contributed by atoms with Gasteiger partial charge in [-0.1, -0.05) is 59.0 Å². The number of nitrogens with one attached hydrogen (secondary N) is 1. The quantitative estimate of drug-likeness (QED) is 0.247. The molecule has 1 aromatic heterocycles. The van der Waals surface area contributed by atoms with Gasteiger partial charge < -0.3 is 15.0 Å². The fraction of sp³-hybridized carbons (Fsp3) is 0.286. The van der Waals surface area contributed by atoms with Gasteiger partial charge in [0.2, 0.25) is 11.8 Å². The number of β-lactam (4-membered cyclic amide) rings is 1. The Morgan fingerprint density at radius 1 is 1.17 bits per heavy atom. The molecule has 1 saturated heterocycles. The lowest BCUT2D eigenvalue weighted by Gasteiger charge is -2.51. The van der Waals surface area contributed by atoms with E-state index < -0.39 is 18.1 Å². The van der Waals surface area contributed by atoms with E-state index in [0.29, 0.717) is 4.43 Å². The molecule has 1 aromatic carbocycles. The molecular formula is C21H19IN2O4S2. The smallest absolute Gasteiger partial charge is 0.333 e. The van der Waals surface area contributed by atoms with E-state index in [1.807, 2.05) is 53.3 Å². The monoisotopic (exact) mass is 554 g/mol. The molecule has 6 nitrogen and oxygen atoms in total. The maximum Gasteiger partial charge on any atom is 0.333 e.